The first-order valence-electron chi connectivity index (χ1n) is 12.5. The van der Waals surface area contributed by atoms with Crippen molar-refractivity contribution in [2.45, 2.75) is 122 Å². The first-order valence-corrected chi connectivity index (χ1v) is 12.5. The Labute approximate surface area is 187 Å². The zero-order chi connectivity index (χ0) is 22.8. The van der Waals surface area contributed by atoms with E-state index >= 15 is 0 Å². The molecule has 1 aromatic rings. The zero-order valence-electron chi connectivity index (χ0n) is 19.5. The van der Waals surface area contributed by atoms with E-state index in [1.165, 1.54) is 44.9 Å². The van der Waals surface area contributed by atoms with Crippen molar-refractivity contribution in [3.8, 4) is 0 Å². The monoisotopic (exact) mass is 445 g/mol. The van der Waals surface area contributed by atoms with E-state index in [1.807, 2.05) is 12.1 Å². The molecule has 180 valence electrons. The third-order valence-electron chi connectivity index (χ3n) is 5.81. The highest BCUT2D eigenvalue weighted by molar-refractivity contribution is 5.46. The van der Waals surface area contributed by atoms with Crippen molar-refractivity contribution in [1.82, 2.24) is 0 Å². The smallest absolute Gasteiger partial charge is 0.385 e. The lowest BCUT2D eigenvalue weighted by molar-refractivity contribution is -0.135. The Bertz CT molecular complexity index is 557. The topological polar surface area (TPSA) is 12.0 Å². The molecule has 31 heavy (non-hydrogen) atoms. The molecule has 1 N–H and O–H groups in total. The fourth-order valence-corrected chi connectivity index (χ4v) is 3.89. The summed E-state index contributed by atoms with van der Waals surface area (Å²) in [6.45, 7) is 3.16. The van der Waals surface area contributed by atoms with E-state index in [0.29, 0.717) is 12.8 Å². The van der Waals surface area contributed by atoms with Crippen LogP contribution in [0.2, 0.25) is 0 Å². The molecule has 1 rings (SSSR count). The Hall–Kier alpha value is -1.26. The van der Waals surface area contributed by atoms with Crippen LogP contribution >= 0.6 is 0 Å². The molecule has 0 aromatic heterocycles. The molecule has 5 heteroatoms. The molecule has 0 fully saturated rings. The maximum Gasteiger partial charge on any atom is 0.389 e. The number of unbranched alkanes of at least 4 members (excludes halogenated alkanes) is 13. The molecule has 0 aliphatic carbocycles. The quantitative estimate of drug-likeness (QED) is 0.165. The largest absolute Gasteiger partial charge is 0.389 e. The van der Waals surface area contributed by atoms with Gasteiger partial charge >= 0.3 is 6.18 Å². The molecule has 0 radical (unpaired) electrons. The maximum atomic E-state index is 14.1. The number of hydrogen-bond acceptors (Lipinski definition) is 1. The van der Waals surface area contributed by atoms with Gasteiger partial charge in [-0.2, -0.15) is 13.2 Å². The molecule has 0 aliphatic heterocycles. The predicted octanol–water partition coefficient (Wildman–Crippen LogP) is 9.60. The first-order chi connectivity index (χ1) is 14.9. The summed E-state index contributed by atoms with van der Waals surface area (Å²) in [5.74, 6) is -0.148. The number of aryl methyl sites for hydroxylation is 1. The van der Waals surface area contributed by atoms with Crippen LogP contribution in [0.4, 0.5) is 23.2 Å². The Morgan fingerprint density at radius 2 is 1.26 bits per heavy atom. The van der Waals surface area contributed by atoms with E-state index in [-0.39, 0.29) is 12.2 Å². The highest BCUT2D eigenvalue weighted by Crippen LogP contribution is 2.23. The van der Waals surface area contributed by atoms with Gasteiger partial charge in [-0.1, -0.05) is 84.0 Å². The van der Waals surface area contributed by atoms with Gasteiger partial charge in [0, 0.05) is 18.7 Å². The van der Waals surface area contributed by atoms with Crippen molar-refractivity contribution in [2.75, 3.05) is 11.9 Å². The molecule has 0 heterocycles. The number of halogens is 4. The van der Waals surface area contributed by atoms with Crippen LogP contribution in [0.25, 0.3) is 0 Å². The summed E-state index contributed by atoms with van der Waals surface area (Å²) in [6, 6.07) is 5.29. The van der Waals surface area contributed by atoms with Crippen LogP contribution in [0.1, 0.15) is 115 Å². The first kappa shape index (κ1) is 27.8. The molecular formula is C26H43F4N. The maximum absolute atomic E-state index is 14.1. The van der Waals surface area contributed by atoms with Crippen molar-refractivity contribution in [1.29, 1.82) is 0 Å². The average molecular weight is 446 g/mol. The molecular weight excluding hydrogens is 402 g/mol. The Morgan fingerprint density at radius 1 is 0.710 bits per heavy atom. The van der Waals surface area contributed by atoms with E-state index < -0.39 is 12.6 Å². The summed E-state index contributed by atoms with van der Waals surface area (Å²) < 4.78 is 50.3. The lowest BCUT2D eigenvalue weighted by atomic mass is 10.0. The van der Waals surface area contributed by atoms with Gasteiger partial charge in [0.05, 0.1) is 0 Å². The fraction of sp³-hybridized carbons (Fsp3) is 0.769. The molecule has 0 atom stereocenters. The minimum Gasteiger partial charge on any atom is -0.385 e. The second-order valence-corrected chi connectivity index (χ2v) is 8.80. The minimum absolute atomic E-state index is 0.148. The van der Waals surface area contributed by atoms with Gasteiger partial charge in [0.2, 0.25) is 0 Å². The van der Waals surface area contributed by atoms with Crippen LogP contribution in [0, 0.1) is 5.82 Å². The molecule has 0 bridgehead atoms. The molecule has 1 nitrogen and oxygen atoms in total. The Morgan fingerprint density at radius 3 is 1.87 bits per heavy atom. The molecule has 0 saturated carbocycles. The highest BCUT2D eigenvalue weighted by Gasteiger charge is 2.25. The van der Waals surface area contributed by atoms with Gasteiger partial charge < -0.3 is 5.32 Å². The Kier molecular flexibility index (Phi) is 15.5. The van der Waals surface area contributed by atoms with Gasteiger partial charge in [-0.25, -0.2) is 4.39 Å². The van der Waals surface area contributed by atoms with E-state index in [9.17, 15) is 17.6 Å². The third-order valence-corrected chi connectivity index (χ3v) is 5.81. The standard InChI is InChI=1S/C26H43F4N/c1-2-3-4-5-6-10-13-16-21-31-24-18-19-25(27)23(22-24)17-14-11-8-7-9-12-15-20-26(28,29)30/h18-19,22,31H,2-17,20-21H2,1H3. The van der Waals surface area contributed by atoms with Crippen LogP contribution in [0.3, 0.4) is 0 Å². The van der Waals surface area contributed by atoms with Crippen molar-refractivity contribution < 1.29 is 17.6 Å². The number of hydrogen-bond donors (Lipinski definition) is 1. The molecule has 0 unspecified atom stereocenters. The van der Waals surface area contributed by atoms with Gasteiger partial charge in [0.25, 0.3) is 0 Å². The molecule has 1 aromatic carbocycles. The summed E-state index contributed by atoms with van der Waals surface area (Å²) in [5, 5.41) is 3.42. The number of nitrogens with one attached hydrogen (secondary N) is 1. The van der Waals surface area contributed by atoms with Crippen LogP contribution in [-0.4, -0.2) is 12.7 Å². The highest BCUT2D eigenvalue weighted by atomic mass is 19.4. The summed E-state index contributed by atoms with van der Waals surface area (Å²) in [5.41, 5.74) is 1.75. The van der Waals surface area contributed by atoms with Gasteiger partial charge in [0.15, 0.2) is 0 Å². The van der Waals surface area contributed by atoms with E-state index in [0.717, 1.165) is 56.3 Å². The van der Waals surface area contributed by atoms with Crippen LogP contribution in [-0.2, 0) is 6.42 Å². The van der Waals surface area contributed by atoms with Gasteiger partial charge in [0.1, 0.15) is 5.82 Å². The molecule has 0 spiro atoms. The summed E-state index contributed by atoms with van der Waals surface area (Å²) in [6.07, 6.45) is 12.0. The lowest BCUT2D eigenvalue weighted by Crippen LogP contribution is -2.06. The second-order valence-electron chi connectivity index (χ2n) is 8.80. The number of benzene rings is 1. The van der Waals surface area contributed by atoms with E-state index in [1.54, 1.807) is 6.07 Å². The van der Waals surface area contributed by atoms with Crippen molar-refractivity contribution in [2.24, 2.45) is 0 Å². The van der Waals surface area contributed by atoms with Crippen LogP contribution in [0.5, 0.6) is 0 Å². The third kappa shape index (κ3) is 16.1. The second kappa shape index (κ2) is 17.3. The zero-order valence-corrected chi connectivity index (χ0v) is 19.5. The van der Waals surface area contributed by atoms with E-state index in [2.05, 4.69) is 12.2 Å². The fourth-order valence-electron chi connectivity index (χ4n) is 3.89. The molecule has 0 aliphatic rings. The molecule has 0 amide bonds. The Balaban J connectivity index is 2.09. The van der Waals surface area contributed by atoms with E-state index in [4.69, 9.17) is 0 Å². The number of alkyl halides is 3. The summed E-state index contributed by atoms with van der Waals surface area (Å²) in [7, 11) is 0. The van der Waals surface area contributed by atoms with Crippen molar-refractivity contribution in [3.63, 3.8) is 0 Å². The SMILES string of the molecule is CCCCCCCCCCNc1ccc(F)c(CCCCCCCCCC(F)(F)F)c1. The van der Waals surface area contributed by atoms with Gasteiger partial charge in [-0.05, 0) is 49.4 Å². The number of anilines is 1. The summed E-state index contributed by atoms with van der Waals surface area (Å²) in [4.78, 5) is 0. The van der Waals surface area contributed by atoms with Crippen molar-refractivity contribution in [3.05, 3.63) is 29.6 Å². The van der Waals surface area contributed by atoms with Gasteiger partial charge in [-0.15, -0.1) is 0 Å². The van der Waals surface area contributed by atoms with Crippen molar-refractivity contribution >= 4 is 5.69 Å². The van der Waals surface area contributed by atoms with Crippen LogP contribution < -0.4 is 5.32 Å². The van der Waals surface area contributed by atoms with Crippen LogP contribution in [0.15, 0.2) is 18.2 Å². The lowest BCUT2D eigenvalue weighted by Gasteiger charge is -2.10. The molecule has 0 saturated heterocycles. The average Bonchev–Trinajstić information content (AvgIpc) is 2.72. The summed E-state index contributed by atoms with van der Waals surface area (Å²) >= 11 is 0. The normalized spacial score (nSPS) is 11.8. The van der Waals surface area contributed by atoms with Gasteiger partial charge in [-0.3, -0.25) is 0 Å². The predicted molar refractivity (Wildman–Crippen MR) is 124 cm³/mol. The minimum atomic E-state index is -4.03. The number of rotatable bonds is 19.